The maximum Gasteiger partial charge on any atom is 0.241 e. The molecule has 0 heterocycles. The van der Waals surface area contributed by atoms with Crippen molar-refractivity contribution in [3.8, 4) is 0 Å². The first-order chi connectivity index (χ1) is 10.9. The highest BCUT2D eigenvalue weighted by Crippen LogP contribution is 2.26. The van der Waals surface area contributed by atoms with Crippen LogP contribution in [0.15, 0.2) is 42.5 Å². The van der Waals surface area contributed by atoms with Crippen LogP contribution in [0.3, 0.4) is 0 Å². The molecule has 2 N–H and O–H groups in total. The predicted octanol–water partition coefficient (Wildman–Crippen LogP) is 5.32. The van der Waals surface area contributed by atoms with Crippen LogP contribution in [0.2, 0.25) is 15.1 Å². The third kappa shape index (κ3) is 4.85. The average Bonchev–Trinajstić information content (AvgIpc) is 2.51. The summed E-state index contributed by atoms with van der Waals surface area (Å²) in [5.41, 5.74) is 1.43. The molecule has 0 fully saturated rings. The number of anilines is 1. The standard InChI is InChI=1S/C17H17Cl3N2O/c1-10(13-5-3-4-6-14(13)19)21-11(2)17(23)22-16-9-12(18)7-8-15(16)20/h3-11,21H,1-2H3,(H,22,23)/t10-,11-/m1/s1. The van der Waals surface area contributed by atoms with Crippen molar-refractivity contribution in [1.29, 1.82) is 0 Å². The fraction of sp³-hybridized carbons (Fsp3) is 0.235. The number of amides is 1. The van der Waals surface area contributed by atoms with Gasteiger partial charge in [-0.05, 0) is 43.7 Å². The third-order valence-electron chi connectivity index (χ3n) is 3.45. The molecular weight excluding hydrogens is 355 g/mol. The van der Waals surface area contributed by atoms with Gasteiger partial charge in [0.1, 0.15) is 0 Å². The molecular formula is C17H17Cl3N2O. The minimum absolute atomic E-state index is 0.0701. The Hall–Kier alpha value is -1.26. The van der Waals surface area contributed by atoms with E-state index in [9.17, 15) is 4.79 Å². The van der Waals surface area contributed by atoms with Gasteiger partial charge in [0.15, 0.2) is 0 Å². The Morgan fingerprint density at radius 1 is 1.00 bits per heavy atom. The van der Waals surface area contributed by atoms with Crippen LogP contribution >= 0.6 is 34.8 Å². The molecule has 6 heteroatoms. The predicted molar refractivity (Wildman–Crippen MR) is 97.6 cm³/mol. The van der Waals surface area contributed by atoms with Crippen molar-refractivity contribution in [2.45, 2.75) is 25.9 Å². The van der Waals surface area contributed by atoms with Gasteiger partial charge in [0.05, 0.1) is 16.8 Å². The molecule has 2 aromatic rings. The Balaban J connectivity index is 2.02. The highest BCUT2D eigenvalue weighted by molar-refractivity contribution is 6.35. The highest BCUT2D eigenvalue weighted by Gasteiger charge is 2.18. The highest BCUT2D eigenvalue weighted by atomic mass is 35.5. The van der Waals surface area contributed by atoms with Crippen LogP contribution in [0.5, 0.6) is 0 Å². The van der Waals surface area contributed by atoms with Crippen molar-refractivity contribution >= 4 is 46.4 Å². The lowest BCUT2D eigenvalue weighted by molar-refractivity contribution is -0.117. The van der Waals surface area contributed by atoms with Gasteiger partial charge < -0.3 is 5.32 Å². The van der Waals surface area contributed by atoms with Crippen LogP contribution in [0.4, 0.5) is 5.69 Å². The van der Waals surface area contributed by atoms with Gasteiger partial charge in [0, 0.05) is 16.1 Å². The summed E-state index contributed by atoms with van der Waals surface area (Å²) in [4.78, 5) is 12.3. The molecule has 23 heavy (non-hydrogen) atoms. The Labute approximate surface area is 150 Å². The first-order valence-electron chi connectivity index (χ1n) is 7.15. The van der Waals surface area contributed by atoms with Crippen LogP contribution in [0, 0.1) is 0 Å². The lowest BCUT2D eigenvalue weighted by atomic mass is 10.1. The molecule has 0 aromatic heterocycles. The molecule has 0 saturated carbocycles. The quantitative estimate of drug-likeness (QED) is 0.746. The summed E-state index contributed by atoms with van der Waals surface area (Å²) in [5, 5.41) is 7.60. The van der Waals surface area contributed by atoms with Crippen molar-refractivity contribution in [2.75, 3.05) is 5.32 Å². The van der Waals surface area contributed by atoms with E-state index in [0.717, 1.165) is 5.56 Å². The van der Waals surface area contributed by atoms with Gasteiger partial charge in [-0.15, -0.1) is 0 Å². The van der Waals surface area contributed by atoms with Crippen molar-refractivity contribution in [3.05, 3.63) is 63.1 Å². The summed E-state index contributed by atoms with van der Waals surface area (Å²) >= 11 is 18.2. The van der Waals surface area contributed by atoms with Gasteiger partial charge in [-0.25, -0.2) is 0 Å². The largest absolute Gasteiger partial charge is 0.323 e. The zero-order valence-electron chi connectivity index (χ0n) is 12.7. The molecule has 0 aliphatic heterocycles. The Kier molecular flexibility index (Phi) is 6.31. The lowest BCUT2D eigenvalue weighted by Crippen LogP contribution is -2.39. The summed E-state index contributed by atoms with van der Waals surface area (Å²) in [6, 6.07) is 12.0. The van der Waals surface area contributed by atoms with Gasteiger partial charge in [0.2, 0.25) is 5.91 Å². The molecule has 0 unspecified atom stereocenters. The van der Waals surface area contributed by atoms with E-state index in [1.807, 2.05) is 31.2 Å². The van der Waals surface area contributed by atoms with E-state index in [4.69, 9.17) is 34.8 Å². The van der Waals surface area contributed by atoms with E-state index >= 15 is 0 Å². The SMILES string of the molecule is C[C@@H](N[C@H](C)c1ccccc1Cl)C(=O)Nc1cc(Cl)ccc1Cl. The number of hydrogen-bond donors (Lipinski definition) is 2. The van der Waals surface area contributed by atoms with Gasteiger partial charge in [-0.2, -0.15) is 0 Å². The monoisotopic (exact) mass is 370 g/mol. The Morgan fingerprint density at radius 2 is 1.70 bits per heavy atom. The van der Waals surface area contributed by atoms with Crippen molar-refractivity contribution in [3.63, 3.8) is 0 Å². The molecule has 0 spiro atoms. The molecule has 0 bridgehead atoms. The number of benzene rings is 2. The maximum atomic E-state index is 12.3. The van der Waals surface area contributed by atoms with E-state index in [-0.39, 0.29) is 11.9 Å². The number of nitrogens with one attached hydrogen (secondary N) is 2. The number of carbonyl (C=O) groups is 1. The van der Waals surface area contributed by atoms with Gasteiger partial charge in [-0.1, -0.05) is 53.0 Å². The fourth-order valence-corrected chi connectivity index (χ4v) is 2.84. The summed E-state index contributed by atoms with van der Waals surface area (Å²) in [5.74, 6) is -0.201. The number of hydrogen-bond acceptors (Lipinski definition) is 2. The van der Waals surface area contributed by atoms with E-state index in [1.54, 1.807) is 25.1 Å². The Bertz CT molecular complexity index is 706. The summed E-state index contributed by atoms with van der Waals surface area (Å²) in [7, 11) is 0. The van der Waals surface area contributed by atoms with E-state index < -0.39 is 6.04 Å². The number of carbonyl (C=O) groups excluding carboxylic acids is 1. The van der Waals surface area contributed by atoms with E-state index in [2.05, 4.69) is 10.6 Å². The zero-order valence-corrected chi connectivity index (χ0v) is 15.0. The van der Waals surface area contributed by atoms with E-state index in [1.165, 1.54) is 0 Å². The molecule has 0 aliphatic rings. The molecule has 0 saturated heterocycles. The normalized spacial score (nSPS) is 13.4. The molecule has 122 valence electrons. The van der Waals surface area contributed by atoms with Crippen molar-refractivity contribution < 1.29 is 4.79 Å². The average molecular weight is 372 g/mol. The number of halogens is 3. The van der Waals surface area contributed by atoms with Gasteiger partial charge in [-0.3, -0.25) is 10.1 Å². The summed E-state index contributed by atoms with van der Waals surface area (Å²) < 4.78 is 0. The maximum absolute atomic E-state index is 12.3. The van der Waals surface area contributed by atoms with Crippen LogP contribution in [-0.2, 0) is 4.79 Å². The first kappa shape index (κ1) is 18.1. The molecule has 0 aliphatic carbocycles. The Morgan fingerprint density at radius 3 is 2.39 bits per heavy atom. The molecule has 0 radical (unpaired) electrons. The van der Waals surface area contributed by atoms with Gasteiger partial charge in [0.25, 0.3) is 0 Å². The topological polar surface area (TPSA) is 41.1 Å². The molecule has 1 amide bonds. The second-order valence-corrected chi connectivity index (χ2v) is 6.50. The fourth-order valence-electron chi connectivity index (χ4n) is 2.20. The summed E-state index contributed by atoms with van der Waals surface area (Å²) in [6.07, 6.45) is 0. The second kappa shape index (κ2) is 8.02. The smallest absolute Gasteiger partial charge is 0.241 e. The van der Waals surface area contributed by atoms with Crippen LogP contribution in [0.1, 0.15) is 25.5 Å². The van der Waals surface area contributed by atoms with Crippen LogP contribution < -0.4 is 10.6 Å². The van der Waals surface area contributed by atoms with Crippen molar-refractivity contribution in [1.82, 2.24) is 5.32 Å². The van der Waals surface area contributed by atoms with Crippen LogP contribution in [0.25, 0.3) is 0 Å². The zero-order chi connectivity index (χ0) is 17.0. The minimum Gasteiger partial charge on any atom is -0.323 e. The number of rotatable bonds is 5. The molecule has 2 rings (SSSR count). The van der Waals surface area contributed by atoms with E-state index in [0.29, 0.717) is 20.8 Å². The van der Waals surface area contributed by atoms with Crippen molar-refractivity contribution in [2.24, 2.45) is 0 Å². The molecule has 3 nitrogen and oxygen atoms in total. The molecule has 2 atom stereocenters. The third-order valence-corrected chi connectivity index (χ3v) is 4.36. The second-order valence-electron chi connectivity index (χ2n) is 5.24. The van der Waals surface area contributed by atoms with Gasteiger partial charge >= 0.3 is 0 Å². The molecule has 2 aromatic carbocycles. The first-order valence-corrected chi connectivity index (χ1v) is 8.28. The minimum atomic E-state index is -0.434. The lowest BCUT2D eigenvalue weighted by Gasteiger charge is -2.21. The van der Waals surface area contributed by atoms with Crippen LogP contribution in [-0.4, -0.2) is 11.9 Å². The summed E-state index contributed by atoms with van der Waals surface area (Å²) in [6.45, 7) is 3.73.